The zero-order valence-corrected chi connectivity index (χ0v) is 24.6. The van der Waals surface area contributed by atoms with Gasteiger partial charge in [-0.25, -0.2) is 4.39 Å². The Morgan fingerprint density at radius 3 is 2.57 bits per heavy atom. The Morgan fingerprint density at radius 2 is 1.88 bits per heavy atom. The topological polar surface area (TPSA) is 62.8 Å². The molecular formula is C28H28F6N3O3PS. The summed E-state index contributed by atoms with van der Waals surface area (Å²) in [7, 11) is -1.15. The lowest BCUT2D eigenvalue weighted by molar-refractivity contribution is -0.286. The number of nitrogens with zero attached hydrogens (tertiary/aromatic N) is 1. The second-order valence-electron chi connectivity index (χ2n) is 10.7. The van der Waals surface area contributed by atoms with Gasteiger partial charge in [-0.2, -0.15) is 13.2 Å². The van der Waals surface area contributed by atoms with E-state index < -0.39 is 38.2 Å². The highest BCUT2D eigenvalue weighted by atomic mass is 32.1. The number of hydrogen-bond donors (Lipinski definition) is 2. The lowest BCUT2D eigenvalue weighted by Crippen LogP contribution is -2.46. The highest BCUT2D eigenvalue weighted by Gasteiger charge is 2.47. The monoisotopic (exact) mass is 631 g/mol. The van der Waals surface area contributed by atoms with Crippen LogP contribution in [0.3, 0.4) is 0 Å². The van der Waals surface area contributed by atoms with Crippen molar-refractivity contribution in [3.05, 3.63) is 40.8 Å². The van der Waals surface area contributed by atoms with Gasteiger partial charge in [0.25, 0.3) is 0 Å². The van der Waals surface area contributed by atoms with Crippen molar-refractivity contribution in [3.8, 4) is 23.3 Å². The average molecular weight is 632 g/mol. The Hall–Kier alpha value is -3.07. The summed E-state index contributed by atoms with van der Waals surface area (Å²) in [4.78, 5) is 2.08. The molecule has 42 heavy (non-hydrogen) atoms. The molecule has 5 rings (SSSR count). The molecule has 0 spiro atoms. The van der Waals surface area contributed by atoms with Crippen LogP contribution in [0.25, 0.3) is 10.1 Å². The lowest BCUT2D eigenvalue weighted by atomic mass is 10.0. The number of anilines is 2. The van der Waals surface area contributed by atoms with Crippen molar-refractivity contribution < 1.29 is 40.4 Å². The Labute approximate surface area is 242 Å². The predicted octanol–water partition coefficient (Wildman–Crippen LogP) is 6.49. The van der Waals surface area contributed by atoms with Crippen molar-refractivity contribution in [2.75, 3.05) is 50.6 Å². The van der Waals surface area contributed by atoms with Crippen molar-refractivity contribution in [2.45, 2.75) is 37.5 Å². The second kappa shape index (κ2) is 11.2. The molecule has 0 unspecified atom stereocenters. The maximum absolute atomic E-state index is 14.7. The zero-order valence-electron chi connectivity index (χ0n) is 22.9. The smallest absolute Gasteiger partial charge is 0.394 e. The van der Waals surface area contributed by atoms with Gasteiger partial charge in [0.05, 0.1) is 45.3 Å². The lowest BCUT2D eigenvalue weighted by Gasteiger charge is -2.33. The van der Waals surface area contributed by atoms with Crippen LogP contribution in [0.4, 0.5) is 37.7 Å². The van der Waals surface area contributed by atoms with Crippen LogP contribution < -0.4 is 25.4 Å². The molecule has 2 aromatic carbocycles. The molecule has 2 aliphatic heterocycles. The van der Waals surface area contributed by atoms with Crippen molar-refractivity contribution in [3.63, 3.8) is 0 Å². The Balaban J connectivity index is 1.42. The van der Waals surface area contributed by atoms with Crippen LogP contribution in [0, 0.1) is 11.8 Å². The fraction of sp³-hybridized carbons (Fsp3) is 0.429. The standard InChI is InChI=1S/C28H28F6N3O3PS/c1-37-13-11-19(18(29)15-37)36-21-7-4-6-16-17(14-27(30,31)32)23(42-26(16)21)8-5-12-35-20-9-10-22(41(2,3)38)25-24(20)39-28(33,34)40-25/h4,6-7,9-10,18-19,35-36H,11-15H2,1-3H3/t18-,19+/m0/s1. The van der Waals surface area contributed by atoms with E-state index in [4.69, 9.17) is 0 Å². The Bertz CT molecular complexity index is 1610. The Kier molecular flexibility index (Phi) is 8.11. The number of thiophene rings is 1. The molecule has 0 saturated carbocycles. The summed E-state index contributed by atoms with van der Waals surface area (Å²) in [5, 5.41) is 6.50. The van der Waals surface area contributed by atoms with Crippen LogP contribution in [-0.4, -0.2) is 69.6 Å². The summed E-state index contributed by atoms with van der Waals surface area (Å²) < 4.78 is 106. The summed E-state index contributed by atoms with van der Waals surface area (Å²) in [6.07, 6.45) is -10.2. The summed E-state index contributed by atoms with van der Waals surface area (Å²) in [6, 6.07) is 7.27. The fourth-order valence-electron chi connectivity index (χ4n) is 5.02. The molecule has 1 saturated heterocycles. The number of rotatable bonds is 6. The van der Waals surface area contributed by atoms with Crippen LogP contribution in [-0.2, 0) is 11.0 Å². The number of hydrogen-bond acceptors (Lipinski definition) is 7. The molecule has 2 N–H and O–H groups in total. The first-order valence-corrected chi connectivity index (χ1v) is 16.4. The van der Waals surface area contributed by atoms with Gasteiger partial charge < -0.3 is 29.6 Å². The van der Waals surface area contributed by atoms with E-state index in [2.05, 4.69) is 31.9 Å². The van der Waals surface area contributed by atoms with Gasteiger partial charge in [0.2, 0.25) is 0 Å². The first kappa shape index (κ1) is 30.4. The third kappa shape index (κ3) is 6.61. The minimum atomic E-state index is -4.49. The summed E-state index contributed by atoms with van der Waals surface area (Å²) in [5.74, 6) is 4.91. The molecule has 226 valence electrons. The minimum absolute atomic E-state index is 0.0158. The SMILES string of the molecule is CN1CC[C@@H](Nc2cccc3c(CC(F)(F)F)c(C#CCNc4ccc(P(C)(C)=O)c5c4OC(F)(F)O5)sc23)[C@@H](F)C1. The maximum Gasteiger partial charge on any atom is 0.586 e. The van der Waals surface area contributed by atoms with E-state index in [-0.39, 0.29) is 46.0 Å². The average Bonchev–Trinajstić information content (AvgIpc) is 3.38. The van der Waals surface area contributed by atoms with E-state index in [9.17, 15) is 30.9 Å². The number of benzene rings is 2. The van der Waals surface area contributed by atoms with Crippen LogP contribution in [0.2, 0.25) is 0 Å². The molecule has 0 aliphatic carbocycles. The molecule has 1 aromatic heterocycles. The van der Waals surface area contributed by atoms with Gasteiger partial charge in [-0.1, -0.05) is 24.0 Å². The quantitative estimate of drug-likeness (QED) is 0.184. The minimum Gasteiger partial charge on any atom is -0.394 e. The van der Waals surface area contributed by atoms with Gasteiger partial charge in [-0.15, -0.1) is 20.1 Å². The van der Waals surface area contributed by atoms with Gasteiger partial charge in [0.15, 0.2) is 11.5 Å². The Morgan fingerprint density at radius 1 is 1.14 bits per heavy atom. The summed E-state index contributed by atoms with van der Waals surface area (Å²) in [6.45, 7) is 3.65. The first-order chi connectivity index (χ1) is 19.6. The zero-order chi connectivity index (χ0) is 30.4. The number of alkyl halides is 6. The van der Waals surface area contributed by atoms with Crippen LogP contribution >= 0.6 is 18.5 Å². The number of piperidine rings is 1. The molecule has 2 aliphatic rings. The molecule has 3 heterocycles. The van der Waals surface area contributed by atoms with Crippen molar-refractivity contribution in [1.29, 1.82) is 0 Å². The van der Waals surface area contributed by atoms with Gasteiger partial charge in [-0.05, 0) is 55.9 Å². The van der Waals surface area contributed by atoms with Gasteiger partial charge in [-0.3, -0.25) is 0 Å². The van der Waals surface area contributed by atoms with Crippen LogP contribution in [0.1, 0.15) is 16.9 Å². The first-order valence-electron chi connectivity index (χ1n) is 13.0. The van der Waals surface area contributed by atoms with E-state index >= 15 is 0 Å². The number of nitrogens with one attached hydrogen (secondary N) is 2. The third-order valence-corrected chi connectivity index (χ3v) is 9.67. The third-order valence-electron chi connectivity index (χ3n) is 6.96. The molecule has 0 radical (unpaired) electrons. The predicted molar refractivity (Wildman–Crippen MR) is 153 cm³/mol. The maximum atomic E-state index is 14.7. The number of fused-ring (bicyclic) bond motifs is 2. The summed E-state index contributed by atoms with van der Waals surface area (Å²) in [5.41, 5.74) is 0.662. The fourth-order valence-corrected chi connectivity index (χ4v) is 7.26. The molecule has 2 atom stereocenters. The number of ether oxygens (including phenoxy) is 2. The van der Waals surface area contributed by atoms with Crippen molar-refractivity contribution in [2.24, 2.45) is 0 Å². The molecule has 3 aromatic rings. The second-order valence-corrected chi connectivity index (χ2v) is 14.9. The largest absolute Gasteiger partial charge is 0.586 e. The van der Waals surface area contributed by atoms with E-state index in [1.54, 1.807) is 18.2 Å². The molecule has 1 fully saturated rings. The molecule has 6 nitrogen and oxygen atoms in total. The normalized spacial score (nSPS) is 20.3. The highest BCUT2D eigenvalue weighted by molar-refractivity contribution is 7.70. The van der Waals surface area contributed by atoms with Crippen molar-refractivity contribution in [1.82, 2.24) is 4.90 Å². The number of halogens is 6. The van der Waals surface area contributed by atoms with E-state index in [1.165, 1.54) is 25.5 Å². The highest BCUT2D eigenvalue weighted by Crippen LogP contribution is 2.51. The van der Waals surface area contributed by atoms with E-state index in [0.717, 1.165) is 11.3 Å². The number of likely N-dealkylation sites (tertiary alicyclic amines) is 1. The van der Waals surface area contributed by atoms with Crippen molar-refractivity contribution >= 4 is 45.2 Å². The molecular weight excluding hydrogens is 603 g/mol. The van der Waals surface area contributed by atoms with Gasteiger partial charge >= 0.3 is 12.5 Å². The molecule has 0 amide bonds. The van der Waals surface area contributed by atoms with E-state index in [1.807, 2.05) is 11.9 Å². The van der Waals surface area contributed by atoms with E-state index in [0.29, 0.717) is 28.7 Å². The summed E-state index contributed by atoms with van der Waals surface area (Å²) >= 11 is 1.08. The molecule has 0 bridgehead atoms. The molecule has 14 heteroatoms. The van der Waals surface area contributed by atoms with Gasteiger partial charge in [0, 0.05) is 13.1 Å². The van der Waals surface area contributed by atoms with Crippen LogP contribution in [0.15, 0.2) is 30.3 Å². The van der Waals surface area contributed by atoms with Gasteiger partial charge in [0.1, 0.15) is 13.3 Å². The van der Waals surface area contributed by atoms with Crippen LogP contribution in [0.5, 0.6) is 11.5 Å².